The second kappa shape index (κ2) is 3.95. The molecule has 0 aliphatic heterocycles. The Bertz CT molecular complexity index is 391. The third-order valence-electron chi connectivity index (χ3n) is 1.53. The number of benzene rings is 1. The molecule has 0 aromatic heterocycles. The standard InChI is InChI=1S/C9H7F2NO2/c1-5(14)12-9-3-8(11)7(10)2-6(9)4-13/h2-4H,1H3,(H,12,14). The van der Waals surface area contributed by atoms with Gasteiger partial charge in [-0.25, -0.2) is 8.78 Å². The van der Waals surface area contributed by atoms with E-state index in [9.17, 15) is 18.4 Å². The maximum Gasteiger partial charge on any atom is 0.221 e. The average Bonchev–Trinajstić information content (AvgIpc) is 2.10. The van der Waals surface area contributed by atoms with Gasteiger partial charge in [-0.1, -0.05) is 0 Å². The Morgan fingerprint density at radius 1 is 1.36 bits per heavy atom. The van der Waals surface area contributed by atoms with E-state index in [4.69, 9.17) is 0 Å². The Labute approximate surface area is 78.7 Å². The summed E-state index contributed by atoms with van der Waals surface area (Å²) >= 11 is 0. The highest BCUT2D eigenvalue weighted by Crippen LogP contribution is 2.18. The number of hydrogen-bond acceptors (Lipinski definition) is 2. The van der Waals surface area contributed by atoms with Crippen molar-refractivity contribution in [2.24, 2.45) is 0 Å². The number of halogens is 2. The van der Waals surface area contributed by atoms with Gasteiger partial charge >= 0.3 is 0 Å². The number of carbonyl (C=O) groups excluding carboxylic acids is 2. The molecule has 1 amide bonds. The Kier molecular flexibility index (Phi) is 2.91. The number of hydrogen-bond donors (Lipinski definition) is 1. The Balaban J connectivity index is 3.19. The fraction of sp³-hybridized carbons (Fsp3) is 0.111. The highest BCUT2D eigenvalue weighted by Gasteiger charge is 2.09. The highest BCUT2D eigenvalue weighted by atomic mass is 19.2. The third-order valence-corrected chi connectivity index (χ3v) is 1.53. The number of nitrogens with one attached hydrogen (secondary N) is 1. The first-order valence-corrected chi connectivity index (χ1v) is 3.76. The summed E-state index contributed by atoms with van der Waals surface area (Å²) in [6.07, 6.45) is 0.341. The lowest BCUT2D eigenvalue weighted by Gasteiger charge is -2.05. The van der Waals surface area contributed by atoms with Crippen LogP contribution in [0.3, 0.4) is 0 Å². The van der Waals surface area contributed by atoms with E-state index in [-0.39, 0.29) is 11.3 Å². The van der Waals surface area contributed by atoms with Crippen molar-refractivity contribution in [3.05, 3.63) is 29.3 Å². The topological polar surface area (TPSA) is 46.2 Å². The van der Waals surface area contributed by atoms with Crippen LogP contribution in [-0.2, 0) is 4.79 Å². The van der Waals surface area contributed by atoms with Crippen molar-refractivity contribution in [1.29, 1.82) is 0 Å². The van der Waals surface area contributed by atoms with Gasteiger partial charge in [0.2, 0.25) is 5.91 Å². The molecule has 1 aromatic rings. The minimum Gasteiger partial charge on any atom is -0.326 e. The zero-order valence-corrected chi connectivity index (χ0v) is 7.30. The number of rotatable bonds is 2. The maximum atomic E-state index is 12.7. The van der Waals surface area contributed by atoms with Crippen LogP contribution in [0.25, 0.3) is 0 Å². The first-order chi connectivity index (χ1) is 6.54. The Morgan fingerprint density at radius 2 is 1.93 bits per heavy atom. The molecule has 0 aliphatic carbocycles. The lowest BCUT2D eigenvalue weighted by molar-refractivity contribution is -0.114. The predicted molar refractivity (Wildman–Crippen MR) is 46.0 cm³/mol. The summed E-state index contributed by atoms with van der Waals surface area (Å²) in [7, 11) is 0. The molecule has 0 bridgehead atoms. The maximum absolute atomic E-state index is 12.7. The Morgan fingerprint density at radius 3 is 2.43 bits per heavy atom. The molecule has 1 rings (SSSR count). The summed E-state index contributed by atoms with van der Waals surface area (Å²) in [5, 5.41) is 2.22. The van der Waals surface area contributed by atoms with Crippen LogP contribution in [0.4, 0.5) is 14.5 Å². The van der Waals surface area contributed by atoms with Crippen molar-refractivity contribution >= 4 is 17.9 Å². The minimum absolute atomic E-state index is 0.0357. The van der Waals surface area contributed by atoms with Crippen molar-refractivity contribution in [2.45, 2.75) is 6.92 Å². The molecule has 3 nitrogen and oxygen atoms in total. The number of aldehydes is 1. The zero-order chi connectivity index (χ0) is 10.7. The van der Waals surface area contributed by atoms with Gasteiger partial charge in [-0.3, -0.25) is 9.59 Å². The van der Waals surface area contributed by atoms with Gasteiger partial charge in [0.1, 0.15) is 0 Å². The lowest BCUT2D eigenvalue weighted by atomic mass is 10.2. The molecule has 0 spiro atoms. The molecule has 5 heteroatoms. The third kappa shape index (κ3) is 2.12. The zero-order valence-electron chi connectivity index (χ0n) is 7.30. The molecular weight excluding hydrogens is 192 g/mol. The van der Waals surface area contributed by atoms with E-state index >= 15 is 0 Å². The van der Waals surface area contributed by atoms with E-state index in [1.807, 2.05) is 0 Å². The quantitative estimate of drug-likeness (QED) is 0.737. The van der Waals surface area contributed by atoms with E-state index < -0.39 is 17.5 Å². The fourth-order valence-electron chi connectivity index (χ4n) is 0.958. The molecule has 0 aliphatic rings. The normalized spacial score (nSPS) is 9.64. The number of anilines is 1. The molecule has 1 aromatic carbocycles. The van der Waals surface area contributed by atoms with Crippen LogP contribution in [-0.4, -0.2) is 12.2 Å². The molecule has 0 heterocycles. The van der Waals surface area contributed by atoms with Crippen LogP contribution in [0.15, 0.2) is 12.1 Å². The molecule has 74 valence electrons. The van der Waals surface area contributed by atoms with Gasteiger partial charge in [0.15, 0.2) is 17.9 Å². The summed E-state index contributed by atoms with van der Waals surface area (Å²) in [6, 6.07) is 1.49. The first-order valence-electron chi connectivity index (χ1n) is 3.76. The molecule has 0 atom stereocenters. The van der Waals surface area contributed by atoms with Crippen LogP contribution in [0.5, 0.6) is 0 Å². The molecule has 1 N–H and O–H groups in total. The first kappa shape index (κ1) is 10.3. The largest absolute Gasteiger partial charge is 0.326 e. The highest BCUT2D eigenvalue weighted by molar-refractivity contribution is 5.95. The molecule has 0 saturated carbocycles. The molecular formula is C9H7F2NO2. The van der Waals surface area contributed by atoms with Gasteiger partial charge in [-0.05, 0) is 6.07 Å². The van der Waals surface area contributed by atoms with Crippen LogP contribution >= 0.6 is 0 Å². The van der Waals surface area contributed by atoms with Crippen molar-refractivity contribution in [3.8, 4) is 0 Å². The van der Waals surface area contributed by atoms with Crippen LogP contribution in [0, 0.1) is 11.6 Å². The van der Waals surface area contributed by atoms with E-state index in [1.54, 1.807) is 0 Å². The van der Waals surface area contributed by atoms with Gasteiger partial charge in [-0.2, -0.15) is 0 Å². The number of carbonyl (C=O) groups is 2. The SMILES string of the molecule is CC(=O)Nc1cc(F)c(F)cc1C=O. The molecule has 0 radical (unpaired) electrons. The molecule has 0 saturated heterocycles. The van der Waals surface area contributed by atoms with Crippen molar-refractivity contribution in [2.75, 3.05) is 5.32 Å². The van der Waals surface area contributed by atoms with E-state index in [0.717, 1.165) is 12.1 Å². The van der Waals surface area contributed by atoms with Gasteiger partial charge in [0.05, 0.1) is 5.69 Å². The number of amides is 1. The van der Waals surface area contributed by atoms with Crippen LogP contribution in [0.1, 0.15) is 17.3 Å². The molecule has 0 unspecified atom stereocenters. The van der Waals surface area contributed by atoms with Crippen LogP contribution < -0.4 is 5.32 Å². The van der Waals surface area contributed by atoms with E-state index in [2.05, 4.69) is 5.32 Å². The van der Waals surface area contributed by atoms with Gasteiger partial charge in [-0.15, -0.1) is 0 Å². The molecule has 0 fully saturated rings. The van der Waals surface area contributed by atoms with Gasteiger partial charge < -0.3 is 5.32 Å². The second-order valence-electron chi connectivity index (χ2n) is 2.65. The fourth-order valence-corrected chi connectivity index (χ4v) is 0.958. The van der Waals surface area contributed by atoms with Crippen molar-refractivity contribution in [3.63, 3.8) is 0 Å². The van der Waals surface area contributed by atoms with Crippen molar-refractivity contribution < 1.29 is 18.4 Å². The second-order valence-corrected chi connectivity index (χ2v) is 2.65. The Hall–Kier alpha value is -1.78. The lowest BCUT2D eigenvalue weighted by Crippen LogP contribution is -2.09. The average molecular weight is 199 g/mol. The minimum atomic E-state index is -1.12. The van der Waals surface area contributed by atoms with Gasteiger partial charge in [0.25, 0.3) is 0 Å². The summed E-state index contributed by atoms with van der Waals surface area (Å²) in [5.41, 5.74) is -0.134. The smallest absolute Gasteiger partial charge is 0.221 e. The summed E-state index contributed by atoms with van der Waals surface area (Å²) < 4.78 is 25.3. The summed E-state index contributed by atoms with van der Waals surface area (Å²) in [4.78, 5) is 21.1. The van der Waals surface area contributed by atoms with Crippen LogP contribution in [0.2, 0.25) is 0 Å². The monoisotopic (exact) mass is 199 g/mol. The summed E-state index contributed by atoms with van der Waals surface area (Å²) in [6.45, 7) is 1.20. The predicted octanol–water partition coefficient (Wildman–Crippen LogP) is 1.74. The molecule has 14 heavy (non-hydrogen) atoms. The van der Waals surface area contributed by atoms with Crippen molar-refractivity contribution in [1.82, 2.24) is 0 Å². The summed E-state index contributed by atoms with van der Waals surface area (Å²) in [5.74, 6) is -2.69. The van der Waals surface area contributed by atoms with E-state index in [1.165, 1.54) is 6.92 Å². The van der Waals surface area contributed by atoms with Gasteiger partial charge in [0, 0.05) is 18.6 Å². The van der Waals surface area contributed by atoms with E-state index in [0.29, 0.717) is 6.29 Å².